The summed E-state index contributed by atoms with van der Waals surface area (Å²) in [6, 6.07) is 12.1. The van der Waals surface area contributed by atoms with Crippen molar-refractivity contribution in [3.8, 4) is 5.75 Å². The Morgan fingerprint density at radius 1 is 1.29 bits per heavy atom. The molecule has 0 radical (unpaired) electrons. The second-order valence-electron chi connectivity index (χ2n) is 6.15. The lowest BCUT2D eigenvalue weighted by atomic mass is 10.1. The predicted molar refractivity (Wildman–Crippen MR) is 95.2 cm³/mol. The van der Waals surface area contributed by atoms with Crippen molar-refractivity contribution in [3.05, 3.63) is 48.3 Å². The summed E-state index contributed by atoms with van der Waals surface area (Å²) in [6.07, 6.45) is 4.28. The number of amides is 1. The maximum absolute atomic E-state index is 12.5. The van der Waals surface area contributed by atoms with Gasteiger partial charge in [-0.2, -0.15) is 0 Å². The summed E-state index contributed by atoms with van der Waals surface area (Å²) in [7, 11) is 2.06. The minimum atomic E-state index is 0.00302. The van der Waals surface area contributed by atoms with E-state index in [-0.39, 0.29) is 5.91 Å². The highest BCUT2D eigenvalue weighted by atomic mass is 16.5. The molecule has 1 fully saturated rings. The average Bonchev–Trinajstić information content (AvgIpc) is 3.18. The first-order valence-electron chi connectivity index (χ1n) is 8.56. The fraction of sp³-hybridized carbons (Fsp3) is 0.421. The van der Waals surface area contributed by atoms with Crippen LogP contribution in [0.1, 0.15) is 31.5 Å². The van der Waals surface area contributed by atoms with E-state index in [9.17, 15) is 4.79 Å². The van der Waals surface area contributed by atoms with Crippen molar-refractivity contribution in [1.29, 1.82) is 0 Å². The number of carbonyl (C=O) groups excluding carboxylic acids is 1. The van der Waals surface area contributed by atoms with E-state index >= 15 is 0 Å². The Labute approximate surface area is 143 Å². The monoisotopic (exact) mass is 327 g/mol. The summed E-state index contributed by atoms with van der Waals surface area (Å²) in [5.74, 6) is 0.719. The number of rotatable bonds is 6. The molecule has 3 rings (SSSR count). The zero-order valence-electron chi connectivity index (χ0n) is 14.4. The largest absolute Gasteiger partial charge is 0.492 e. The van der Waals surface area contributed by atoms with Crippen molar-refractivity contribution in [2.75, 3.05) is 25.0 Å². The number of ether oxygens (including phenoxy) is 1. The van der Waals surface area contributed by atoms with Crippen LogP contribution in [0.5, 0.6) is 5.75 Å². The number of nitrogens with zero attached hydrogens (tertiary/aromatic N) is 2. The first-order valence-corrected chi connectivity index (χ1v) is 8.56. The van der Waals surface area contributed by atoms with Crippen LogP contribution in [0.4, 0.5) is 5.69 Å². The number of likely N-dealkylation sites (tertiary alicyclic amines) is 1. The minimum Gasteiger partial charge on any atom is -0.492 e. The third kappa shape index (κ3) is 3.62. The molecule has 1 aromatic carbocycles. The van der Waals surface area contributed by atoms with Gasteiger partial charge < -0.3 is 14.6 Å². The van der Waals surface area contributed by atoms with Crippen LogP contribution in [0, 0.1) is 0 Å². The van der Waals surface area contributed by atoms with Crippen LogP contribution >= 0.6 is 0 Å². The van der Waals surface area contributed by atoms with Gasteiger partial charge in [-0.3, -0.25) is 9.69 Å². The van der Waals surface area contributed by atoms with Crippen molar-refractivity contribution in [3.63, 3.8) is 0 Å². The van der Waals surface area contributed by atoms with Gasteiger partial charge in [0, 0.05) is 18.9 Å². The lowest BCUT2D eigenvalue weighted by Crippen LogP contribution is -2.33. The molecule has 2 aromatic rings. The molecule has 0 aliphatic carbocycles. The van der Waals surface area contributed by atoms with Crippen molar-refractivity contribution >= 4 is 11.6 Å². The first-order chi connectivity index (χ1) is 11.7. The molecule has 1 aliphatic heterocycles. The quantitative estimate of drug-likeness (QED) is 0.886. The fourth-order valence-corrected chi connectivity index (χ4v) is 3.40. The second kappa shape index (κ2) is 7.53. The summed E-state index contributed by atoms with van der Waals surface area (Å²) in [5.41, 5.74) is 2.01. The second-order valence-corrected chi connectivity index (χ2v) is 6.15. The van der Waals surface area contributed by atoms with Crippen molar-refractivity contribution in [2.45, 2.75) is 25.8 Å². The molecule has 128 valence electrons. The van der Waals surface area contributed by atoms with Gasteiger partial charge in [-0.1, -0.05) is 12.1 Å². The van der Waals surface area contributed by atoms with E-state index in [1.807, 2.05) is 31.2 Å². The summed E-state index contributed by atoms with van der Waals surface area (Å²) in [6.45, 7) is 3.87. The molecule has 24 heavy (non-hydrogen) atoms. The molecule has 0 bridgehead atoms. The number of carbonyl (C=O) groups is 1. The molecule has 0 saturated carbocycles. The Morgan fingerprint density at radius 2 is 2.12 bits per heavy atom. The number of aromatic nitrogens is 1. The van der Waals surface area contributed by atoms with Gasteiger partial charge in [0.05, 0.1) is 24.9 Å². The molecule has 5 nitrogen and oxygen atoms in total. The average molecular weight is 327 g/mol. The zero-order valence-corrected chi connectivity index (χ0v) is 14.4. The minimum absolute atomic E-state index is 0.00302. The Morgan fingerprint density at radius 3 is 2.88 bits per heavy atom. The third-order valence-electron chi connectivity index (χ3n) is 4.50. The third-order valence-corrected chi connectivity index (χ3v) is 4.50. The van der Waals surface area contributed by atoms with Crippen molar-refractivity contribution in [2.24, 2.45) is 7.05 Å². The van der Waals surface area contributed by atoms with Gasteiger partial charge in [-0.15, -0.1) is 0 Å². The van der Waals surface area contributed by atoms with Crippen LogP contribution in [-0.2, 0) is 11.8 Å². The van der Waals surface area contributed by atoms with Gasteiger partial charge in [-0.05, 0) is 50.6 Å². The van der Waals surface area contributed by atoms with Crippen LogP contribution in [0.3, 0.4) is 0 Å². The first kappa shape index (κ1) is 16.6. The summed E-state index contributed by atoms with van der Waals surface area (Å²) in [5, 5.41) is 2.99. The number of aryl methyl sites for hydroxylation is 1. The molecule has 1 aliphatic rings. The van der Waals surface area contributed by atoms with E-state index in [0.717, 1.165) is 25.1 Å². The molecule has 1 saturated heterocycles. The van der Waals surface area contributed by atoms with Crippen LogP contribution in [0.15, 0.2) is 42.6 Å². The molecule has 1 amide bonds. The Kier molecular flexibility index (Phi) is 5.20. The molecule has 0 spiro atoms. The van der Waals surface area contributed by atoms with E-state index in [0.29, 0.717) is 24.9 Å². The Hall–Kier alpha value is -2.27. The molecule has 1 aromatic heterocycles. The van der Waals surface area contributed by atoms with E-state index in [1.165, 1.54) is 5.69 Å². The number of hydrogen-bond acceptors (Lipinski definition) is 3. The van der Waals surface area contributed by atoms with Crippen molar-refractivity contribution < 1.29 is 9.53 Å². The summed E-state index contributed by atoms with van der Waals surface area (Å²) in [4.78, 5) is 14.8. The van der Waals surface area contributed by atoms with Gasteiger partial charge >= 0.3 is 0 Å². The fourth-order valence-electron chi connectivity index (χ4n) is 3.40. The van der Waals surface area contributed by atoms with Crippen LogP contribution in [-0.4, -0.2) is 35.1 Å². The van der Waals surface area contributed by atoms with Crippen LogP contribution in [0.2, 0.25) is 0 Å². The molecular weight excluding hydrogens is 302 g/mol. The molecule has 0 unspecified atom stereocenters. The van der Waals surface area contributed by atoms with Crippen LogP contribution in [0.25, 0.3) is 0 Å². The van der Waals surface area contributed by atoms with E-state index in [1.54, 1.807) is 0 Å². The number of nitrogens with one attached hydrogen (secondary N) is 1. The highest BCUT2D eigenvalue weighted by Crippen LogP contribution is 2.31. The summed E-state index contributed by atoms with van der Waals surface area (Å²) < 4.78 is 7.72. The number of para-hydroxylation sites is 2. The molecule has 5 heteroatoms. The highest BCUT2D eigenvalue weighted by Gasteiger charge is 2.29. The molecule has 2 heterocycles. The smallest absolute Gasteiger partial charge is 0.238 e. The van der Waals surface area contributed by atoms with E-state index in [4.69, 9.17) is 4.74 Å². The lowest BCUT2D eigenvalue weighted by molar-refractivity contribution is -0.117. The van der Waals surface area contributed by atoms with Gasteiger partial charge in [0.25, 0.3) is 0 Å². The molecular formula is C19H25N3O2. The standard InChI is InChI=1S/C19H25N3O2/c1-3-24-18-11-5-4-8-15(18)20-19(23)14-22-13-7-10-17(22)16-9-6-12-21(16)2/h4-6,8-9,11-12,17H,3,7,10,13-14H2,1-2H3,(H,20,23)/t17-/m1/s1. The Balaban J connectivity index is 1.65. The van der Waals surface area contributed by atoms with Gasteiger partial charge in [0.1, 0.15) is 5.75 Å². The van der Waals surface area contributed by atoms with Gasteiger partial charge in [0.2, 0.25) is 5.91 Å². The number of hydrogen-bond donors (Lipinski definition) is 1. The topological polar surface area (TPSA) is 46.5 Å². The maximum atomic E-state index is 12.5. The molecule has 1 N–H and O–H groups in total. The van der Waals surface area contributed by atoms with Crippen LogP contribution < -0.4 is 10.1 Å². The predicted octanol–water partition coefficient (Wildman–Crippen LogP) is 3.20. The number of benzene rings is 1. The SMILES string of the molecule is CCOc1ccccc1NC(=O)CN1CCC[C@@H]1c1cccn1C. The molecule has 1 atom stereocenters. The van der Waals surface area contributed by atoms with Gasteiger partial charge in [-0.25, -0.2) is 0 Å². The normalized spacial score (nSPS) is 17.8. The van der Waals surface area contributed by atoms with Crippen molar-refractivity contribution in [1.82, 2.24) is 9.47 Å². The van der Waals surface area contributed by atoms with E-state index in [2.05, 4.69) is 40.2 Å². The Bertz CT molecular complexity index is 695. The maximum Gasteiger partial charge on any atom is 0.238 e. The summed E-state index contributed by atoms with van der Waals surface area (Å²) >= 11 is 0. The highest BCUT2D eigenvalue weighted by molar-refractivity contribution is 5.93. The zero-order chi connectivity index (χ0) is 16.9. The number of anilines is 1. The van der Waals surface area contributed by atoms with Gasteiger partial charge in [0.15, 0.2) is 0 Å². The lowest BCUT2D eigenvalue weighted by Gasteiger charge is -2.24. The van der Waals surface area contributed by atoms with E-state index < -0.39 is 0 Å².